The van der Waals surface area contributed by atoms with Gasteiger partial charge in [-0.15, -0.1) is 0 Å². The van der Waals surface area contributed by atoms with Gasteiger partial charge in [-0.05, 0) is 24.5 Å². The Hall–Kier alpha value is -1.32. The zero-order chi connectivity index (χ0) is 13.8. The second kappa shape index (κ2) is 10.6. The Morgan fingerprint density at radius 1 is 1.26 bits per heavy atom. The highest BCUT2D eigenvalue weighted by Crippen LogP contribution is 2.03. The first-order valence-corrected chi connectivity index (χ1v) is 6.89. The predicted octanol–water partition coefficient (Wildman–Crippen LogP) is 3.28. The van der Waals surface area contributed by atoms with Gasteiger partial charge in [-0.25, -0.2) is 0 Å². The van der Waals surface area contributed by atoms with Crippen molar-refractivity contribution in [2.45, 2.75) is 38.9 Å². The standard InChI is InChI=1S/C16H24O3/c1-2-3-4-8-11-19-16(12-17)14-18-13-15-9-6-5-7-10-15/h5-11,16-17H,2-4,12-14H2,1H3. The summed E-state index contributed by atoms with van der Waals surface area (Å²) < 4.78 is 11.0. The van der Waals surface area contributed by atoms with E-state index >= 15 is 0 Å². The van der Waals surface area contributed by atoms with Crippen LogP contribution in [0.5, 0.6) is 0 Å². The zero-order valence-electron chi connectivity index (χ0n) is 11.6. The molecule has 1 aromatic carbocycles. The van der Waals surface area contributed by atoms with Crippen LogP contribution in [0.25, 0.3) is 0 Å². The average Bonchev–Trinajstić information content (AvgIpc) is 2.46. The number of unbranched alkanes of at least 4 members (excludes halogenated alkanes) is 2. The van der Waals surface area contributed by atoms with E-state index in [1.54, 1.807) is 6.26 Å². The molecule has 0 heterocycles. The van der Waals surface area contributed by atoms with Crippen molar-refractivity contribution >= 4 is 0 Å². The van der Waals surface area contributed by atoms with Crippen molar-refractivity contribution in [1.29, 1.82) is 0 Å². The molecule has 0 saturated heterocycles. The minimum Gasteiger partial charge on any atom is -0.494 e. The van der Waals surface area contributed by atoms with E-state index in [1.807, 2.05) is 36.4 Å². The summed E-state index contributed by atoms with van der Waals surface area (Å²) in [5.41, 5.74) is 1.12. The predicted molar refractivity (Wildman–Crippen MR) is 76.7 cm³/mol. The van der Waals surface area contributed by atoms with E-state index in [9.17, 15) is 5.11 Å². The molecule has 106 valence electrons. The first kappa shape index (κ1) is 15.7. The molecule has 0 radical (unpaired) electrons. The number of aliphatic hydroxyl groups is 1. The van der Waals surface area contributed by atoms with Crippen LogP contribution in [0.15, 0.2) is 42.7 Å². The van der Waals surface area contributed by atoms with Gasteiger partial charge in [-0.3, -0.25) is 0 Å². The van der Waals surface area contributed by atoms with Crippen LogP contribution in [0, 0.1) is 0 Å². The molecular weight excluding hydrogens is 240 g/mol. The zero-order valence-corrected chi connectivity index (χ0v) is 11.6. The number of aliphatic hydroxyl groups excluding tert-OH is 1. The Morgan fingerprint density at radius 2 is 2.05 bits per heavy atom. The molecule has 1 atom stereocenters. The van der Waals surface area contributed by atoms with Crippen molar-refractivity contribution in [3.63, 3.8) is 0 Å². The minimum atomic E-state index is -0.290. The van der Waals surface area contributed by atoms with Gasteiger partial charge in [0.25, 0.3) is 0 Å². The molecule has 0 aliphatic heterocycles. The van der Waals surface area contributed by atoms with Crippen molar-refractivity contribution in [2.75, 3.05) is 13.2 Å². The molecule has 0 bridgehead atoms. The normalized spacial score (nSPS) is 12.7. The second-order valence-electron chi connectivity index (χ2n) is 4.46. The van der Waals surface area contributed by atoms with Gasteiger partial charge < -0.3 is 14.6 Å². The monoisotopic (exact) mass is 264 g/mol. The molecule has 0 fully saturated rings. The van der Waals surface area contributed by atoms with Gasteiger partial charge in [0, 0.05) is 0 Å². The Kier molecular flexibility index (Phi) is 8.77. The van der Waals surface area contributed by atoms with Gasteiger partial charge in [0.1, 0.15) is 6.10 Å². The van der Waals surface area contributed by atoms with Crippen LogP contribution in [0.2, 0.25) is 0 Å². The molecule has 1 unspecified atom stereocenters. The van der Waals surface area contributed by atoms with Gasteiger partial charge in [-0.1, -0.05) is 43.7 Å². The van der Waals surface area contributed by atoms with E-state index in [2.05, 4.69) is 6.92 Å². The van der Waals surface area contributed by atoms with E-state index in [4.69, 9.17) is 9.47 Å². The SMILES string of the molecule is CCCCC=COC(CO)COCc1ccccc1. The fraction of sp³-hybridized carbons (Fsp3) is 0.500. The van der Waals surface area contributed by atoms with Crippen LogP contribution in [0.4, 0.5) is 0 Å². The summed E-state index contributed by atoms with van der Waals surface area (Å²) >= 11 is 0. The van der Waals surface area contributed by atoms with Crippen molar-refractivity contribution in [1.82, 2.24) is 0 Å². The van der Waals surface area contributed by atoms with Crippen molar-refractivity contribution in [3.8, 4) is 0 Å². The topological polar surface area (TPSA) is 38.7 Å². The van der Waals surface area contributed by atoms with Crippen LogP contribution >= 0.6 is 0 Å². The van der Waals surface area contributed by atoms with Crippen molar-refractivity contribution in [3.05, 3.63) is 48.2 Å². The van der Waals surface area contributed by atoms with E-state index in [1.165, 1.54) is 6.42 Å². The van der Waals surface area contributed by atoms with Gasteiger partial charge in [0.05, 0.1) is 26.1 Å². The van der Waals surface area contributed by atoms with E-state index in [-0.39, 0.29) is 12.7 Å². The number of hydrogen-bond acceptors (Lipinski definition) is 3. The number of rotatable bonds is 10. The van der Waals surface area contributed by atoms with Crippen LogP contribution in [-0.4, -0.2) is 24.4 Å². The number of allylic oxidation sites excluding steroid dienone is 1. The summed E-state index contributed by atoms with van der Waals surface area (Å²) in [5, 5.41) is 9.19. The molecule has 0 aliphatic rings. The lowest BCUT2D eigenvalue weighted by molar-refractivity contribution is -0.00837. The van der Waals surface area contributed by atoms with Crippen LogP contribution in [-0.2, 0) is 16.1 Å². The molecule has 3 nitrogen and oxygen atoms in total. The molecular formula is C16H24O3. The summed E-state index contributed by atoms with van der Waals surface area (Å²) in [7, 11) is 0. The lowest BCUT2D eigenvalue weighted by Gasteiger charge is -2.14. The molecule has 0 saturated carbocycles. The summed E-state index contributed by atoms with van der Waals surface area (Å²) in [6.45, 7) is 3.05. The van der Waals surface area contributed by atoms with Crippen molar-refractivity contribution < 1.29 is 14.6 Å². The Morgan fingerprint density at radius 3 is 2.74 bits per heavy atom. The molecule has 3 heteroatoms. The lowest BCUT2D eigenvalue weighted by atomic mass is 10.2. The molecule has 0 amide bonds. The van der Waals surface area contributed by atoms with Crippen LogP contribution < -0.4 is 0 Å². The fourth-order valence-corrected chi connectivity index (χ4v) is 1.57. The van der Waals surface area contributed by atoms with Crippen LogP contribution in [0.3, 0.4) is 0 Å². The smallest absolute Gasteiger partial charge is 0.144 e. The third-order valence-electron chi connectivity index (χ3n) is 2.71. The molecule has 0 spiro atoms. The first-order chi connectivity index (χ1) is 9.36. The Bertz CT molecular complexity index is 335. The highest BCUT2D eigenvalue weighted by molar-refractivity contribution is 5.13. The number of ether oxygens (including phenoxy) is 2. The number of hydrogen-bond donors (Lipinski definition) is 1. The lowest BCUT2D eigenvalue weighted by Crippen LogP contribution is -2.21. The quantitative estimate of drug-likeness (QED) is 0.520. The van der Waals surface area contributed by atoms with Crippen LogP contribution in [0.1, 0.15) is 31.7 Å². The van der Waals surface area contributed by atoms with Gasteiger partial charge >= 0.3 is 0 Å². The number of benzene rings is 1. The van der Waals surface area contributed by atoms with Gasteiger partial charge in [0.15, 0.2) is 0 Å². The second-order valence-corrected chi connectivity index (χ2v) is 4.46. The Labute approximate surface area is 115 Å². The van der Waals surface area contributed by atoms with Crippen molar-refractivity contribution in [2.24, 2.45) is 0 Å². The summed E-state index contributed by atoms with van der Waals surface area (Å²) in [5.74, 6) is 0. The largest absolute Gasteiger partial charge is 0.494 e. The maximum absolute atomic E-state index is 9.19. The molecule has 0 aromatic heterocycles. The first-order valence-electron chi connectivity index (χ1n) is 6.89. The minimum absolute atomic E-state index is 0.0348. The van der Waals surface area contributed by atoms with E-state index < -0.39 is 0 Å². The fourth-order valence-electron chi connectivity index (χ4n) is 1.57. The van der Waals surface area contributed by atoms with Gasteiger partial charge in [-0.2, -0.15) is 0 Å². The summed E-state index contributed by atoms with van der Waals surface area (Å²) in [6, 6.07) is 9.97. The third kappa shape index (κ3) is 7.65. The molecule has 1 N–H and O–H groups in total. The summed E-state index contributed by atoms with van der Waals surface area (Å²) in [4.78, 5) is 0. The molecule has 1 aromatic rings. The molecule has 0 aliphatic carbocycles. The maximum Gasteiger partial charge on any atom is 0.144 e. The highest BCUT2D eigenvalue weighted by atomic mass is 16.5. The molecule has 1 rings (SSSR count). The third-order valence-corrected chi connectivity index (χ3v) is 2.71. The van der Waals surface area contributed by atoms with E-state index in [0.717, 1.165) is 18.4 Å². The average molecular weight is 264 g/mol. The highest BCUT2D eigenvalue weighted by Gasteiger charge is 2.06. The Balaban J connectivity index is 2.16. The van der Waals surface area contributed by atoms with E-state index in [0.29, 0.717) is 13.2 Å². The maximum atomic E-state index is 9.19. The summed E-state index contributed by atoms with van der Waals surface area (Å²) in [6.07, 6.45) is 6.72. The molecule has 19 heavy (non-hydrogen) atoms. The van der Waals surface area contributed by atoms with Gasteiger partial charge in [0.2, 0.25) is 0 Å².